The Kier molecular flexibility index (Phi) is 3.17. The zero-order valence-corrected chi connectivity index (χ0v) is 10.6. The van der Waals surface area contributed by atoms with Crippen LogP contribution in [0.4, 0.5) is 0 Å². The van der Waals surface area contributed by atoms with Crippen LogP contribution in [0, 0.1) is 16.7 Å². The lowest BCUT2D eigenvalue weighted by Gasteiger charge is -2.18. The van der Waals surface area contributed by atoms with Crippen LogP contribution in [0.1, 0.15) is 19.6 Å². The van der Waals surface area contributed by atoms with Gasteiger partial charge in [0.15, 0.2) is 5.75 Å². The summed E-state index contributed by atoms with van der Waals surface area (Å²) < 4.78 is 10.9. The molecule has 1 aromatic heterocycles. The number of nitrogens with zero attached hydrogens (tertiary/aromatic N) is 1. The van der Waals surface area contributed by atoms with Gasteiger partial charge in [-0.2, -0.15) is 5.26 Å². The predicted molar refractivity (Wildman–Crippen MR) is 67.8 cm³/mol. The molecule has 0 bridgehead atoms. The minimum atomic E-state index is -1.04. The van der Waals surface area contributed by atoms with Crippen LogP contribution in [-0.4, -0.2) is 17.7 Å². The van der Waals surface area contributed by atoms with E-state index >= 15 is 0 Å². The average molecular weight is 259 g/mol. The topological polar surface area (TPSA) is 83.5 Å². The molecule has 5 heteroatoms. The lowest BCUT2D eigenvalue weighted by molar-refractivity contribution is -0.148. The van der Waals surface area contributed by atoms with E-state index < -0.39 is 11.4 Å². The molecule has 0 aliphatic carbocycles. The van der Waals surface area contributed by atoms with Gasteiger partial charge in [-0.1, -0.05) is 12.1 Å². The van der Waals surface area contributed by atoms with Crippen LogP contribution in [0.3, 0.4) is 0 Å². The summed E-state index contributed by atoms with van der Waals surface area (Å²) >= 11 is 0. The van der Waals surface area contributed by atoms with Gasteiger partial charge < -0.3 is 14.3 Å². The van der Waals surface area contributed by atoms with E-state index in [-0.39, 0.29) is 12.4 Å². The lowest BCUT2D eigenvalue weighted by atomic mass is 9.95. The van der Waals surface area contributed by atoms with Crippen LogP contribution in [0.15, 0.2) is 28.7 Å². The maximum Gasteiger partial charge on any atom is 0.312 e. The molecule has 0 saturated heterocycles. The van der Waals surface area contributed by atoms with E-state index in [1.165, 1.54) is 0 Å². The molecule has 0 radical (unpaired) electrons. The van der Waals surface area contributed by atoms with Gasteiger partial charge in [-0.25, -0.2) is 0 Å². The van der Waals surface area contributed by atoms with Gasteiger partial charge in [0.2, 0.25) is 5.76 Å². The van der Waals surface area contributed by atoms with Crippen LogP contribution in [0.25, 0.3) is 11.0 Å². The van der Waals surface area contributed by atoms with E-state index in [9.17, 15) is 4.79 Å². The molecule has 5 nitrogen and oxygen atoms in total. The number of hydrogen-bond donors (Lipinski definition) is 1. The average Bonchev–Trinajstić information content (AvgIpc) is 2.74. The smallest absolute Gasteiger partial charge is 0.312 e. The monoisotopic (exact) mass is 259 g/mol. The Morgan fingerprint density at radius 1 is 1.47 bits per heavy atom. The summed E-state index contributed by atoms with van der Waals surface area (Å²) in [6.07, 6.45) is 0. The highest BCUT2D eigenvalue weighted by molar-refractivity contribution is 5.86. The van der Waals surface area contributed by atoms with Gasteiger partial charge in [-0.15, -0.1) is 0 Å². The number of para-hydroxylation sites is 1. The Hall–Kier alpha value is -2.48. The van der Waals surface area contributed by atoms with Gasteiger partial charge in [0, 0.05) is 0 Å². The van der Waals surface area contributed by atoms with Crippen LogP contribution in [0.2, 0.25) is 0 Å². The number of hydrogen-bond acceptors (Lipinski definition) is 4. The first-order chi connectivity index (χ1) is 8.95. The quantitative estimate of drug-likeness (QED) is 0.912. The van der Waals surface area contributed by atoms with E-state index in [4.69, 9.17) is 19.5 Å². The number of furan rings is 1. The zero-order chi connectivity index (χ0) is 14.0. The molecule has 1 aromatic carbocycles. The summed E-state index contributed by atoms with van der Waals surface area (Å²) in [5.41, 5.74) is -0.493. The summed E-state index contributed by atoms with van der Waals surface area (Å²) in [4.78, 5) is 11.0. The van der Waals surface area contributed by atoms with Crippen molar-refractivity contribution in [3.63, 3.8) is 0 Å². The molecule has 19 heavy (non-hydrogen) atoms. The molecule has 0 atom stereocenters. The molecule has 0 spiro atoms. The van der Waals surface area contributed by atoms with Crippen LogP contribution in [0.5, 0.6) is 5.75 Å². The number of aliphatic carboxylic acids is 1. The summed E-state index contributed by atoms with van der Waals surface area (Å²) in [7, 11) is 0. The molecular weight excluding hydrogens is 246 g/mol. The second-order valence-electron chi connectivity index (χ2n) is 4.85. The summed E-state index contributed by atoms with van der Waals surface area (Å²) in [5, 5.41) is 18.7. The lowest BCUT2D eigenvalue weighted by Crippen LogP contribution is -2.30. The third-order valence-corrected chi connectivity index (χ3v) is 2.81. The number of benzene rings is 1. The molecule has 0 aliphatic rings. The largest absolute Gasteiger partial charge is 0.487 e. The van der Waals surface area contributed by atoms with Crippen molar-refractivity contribution in [2.24, 2.45) is 5.41 Å². The van der Waals surface area contributed by atoms with E-state index in [2.05, 4.69) is 0 Å². The van der Waals surface area contributed by atoms with Crippen molar-refractivity contribution in [2.75, 3.05) is 6.61 Å². The number of carbonyl (C=O) groups is 1. The van der Waals surface area contributed by atoms with Gasteiger partial charge >= 0.3 is 5.97 Å². The number of ether oxygens (including phenoxy) is 1. The zero-order valence-electron chi connectivity index (χ0n) is 10.6. The molecule has 0 amide bonds. The molecule has 1 heterocycles. The molecule has 2 aromatic rings. The fourth-order valence-electron chi connectivity index (χ4n) is 1.55. The van der Waals surface area contributed by atoms with Gasteiger partial charge in [-0.3, -0.25) is 4.79 Å². The molecule has 0 saturated carbocycles. The molecule has 1 N–H and O–H groups in total. The Morgan fingerprint density at radius 3 is 2.79 bits per heavy atom. The first-order valence-electron chi connectivity index (χ1n) is 5.73. The van der Waals surface area contributed by atoms with Gasteiger partial charge in [0.25, 0.3) is 0 Å². The summed E-state index contributed by atoms with van der Waals surface area (Å²) in [6.45, 7) is 3.08. The molecule has 98 valence electrons. The Bertz CT molecular complexity index is 664. The first-order valence-corrected chi connectivity index (χ1v) is 5.73. The number of carboxylic acids is 1. The number of rotatable bonds is 4. The van der Waals surface area contributed by atoms with Gasteiger partial charge in [0.1, 0.15) is 18.3 Å². The minimum absolute atomic E-state index is 0.0411. The van der Waals surface area contributed by atoms with Crippen molar-refractivity contribution in [3.8, 4) is 11.8 Å². The summed E-state index contributed by atoms with van der Waals surface area (Å²) in [5.74, 6) is -0.603. The third kappa shape index (κ3) is 2.38. The Balaban J connectivity index is 2.35. The van der Waals surface area contributed by atoms with E-state index in [1.807, 2.05) is 6.07 Å². The fourth-order valence-corrected chi connectivity index (χ4v) is 1.55. The highest BCUT2D eigenvalue weighted by atomic mass is 16.5. The number of nitriles is 1. The fraction of sp³-hybridized carbons (Fsp3) is 0.286. The van der Waals surface area contributed by atoms with Gasteiger partial charge in [-0.05, 0) is 26.0 Å². The number of carboxylic acid groups (broad SMARTS) is 1. The van der Waals surface area contributed by atoms with E-state index in [0.717, 1.165) is 0 Å². The molecule has 0 fully saturated rings. The van der Waals surface area contributed by atoms with Crippen LogP contribution >= 0.6 is 0 Å². The predicted octanol–water partition coefficient (Wildman–Crippen LogP) is 2.79. The summed E-state index contributed by atoms with van der Waals surface area (Å²) in [6, 6.07) is 9.00. The van der Waals surface area contributed by atoms with Crippen molar-refractivity contribution in [1.29, 1.82) is 5.26 Å². The molecular formula is C14H13NO4. The molecule has 0 aliphatic heterocycles. The highest BCUT2D eigenvalue weighted by Crippen LogP contribution is 2.33. The van der Waals surface area contributed by atoms with E-state index in [0.29, 0.717) is 16.7 Å². The van der Waals surface area contributed by atoms with Crippen LogP contribution < -0.4 is 4.74 Å². The highest BCUT2D eigenvalue weighted by Gasteiger charge is 2.29. The second-order valence-corrected chi connectivity index (χ2v) is 4.85. The minimum Gasteiger partial charge on any atom is -0.487 e. The molecule has 2 rings (SSSR count). The van der Waals surface area contributed by atoms with Crippen molar-refractivity contribution < 1.29 is 19.1 Å². The maximum atomic E-state index is 11.0. The number of fused-ring (bicyclic) bond motifs is 1. The standard InChI is InChI=1S/C14H13NO4/c1-14(2,13(16)17)8-18-12-9-5-3-4-6-10(9)19-11(12)7-15/h3-6H,8H2,1-2H3,(H,16,17). The van der Waals surface area contributed by atoms with Crippen LogP contribution in [-0.2, 0) is 4.79 Å². The van der Waals surface area contributed by atoms with Crippen molar-refractivity contribution >= 4 is 16.9 Å². The SMILES string of the molecule is CC(C)(COc1c(C#N)oc2ccccc12)C(=O)O. The second kappa shape index (κ2) is 4.65. The normalized spacial score (nSPS) is 11.2. The van der Waals surface area contributed by atoms with Gasteiger partial charge in [0.05, 0.1) is 10.8 Å². The van der Waals surface area contributed by atoms with Crippen molar-refractivity contribution in [2.45, 2.75) is 13.8 Å². The third-order valence-electron chi connectivity index (χ3n) is 2.81. The Labute approximate surface area is 110 Å². The first kappa shape index (κ1) is 13.0. The maximum absolute atomic E-state index is 11.0. The van der Waals surface area contributed by atoms with Crippen molar-refractivity contribution in [1.82, 2.24) is 0 Å². The molecule has 0 unspecified atom stereocenters. The van der Waals surface area contributed by atoms with E-state index in [1.54, 1.807) is 38.1 Å². The Morgan fingerprint density at radius 2 is 2.16 bits per heavy atom. The van der Waals surface area contributed by atoms with Crippen molar-refractivity contribution in [3.05, 3.63) is 30.0 Å².